The van der Waals surface area contributed by atoms with Crippen molar-refractivity contribution in [2.45, 2.75) is 39.3 Å². The van der Waals surface area contributed by atoms with E-state index in [1.807, 2.05) is 19.9 Å². The molecule has 4 rings (SSSR count). The van der Waals surface area contributed by atoms with Crippen molar-refractivity contribution in [3.8, 4) is 11.4 Å². The van der Waals surface area contributed by atoms with E-state index in [-0.39, 0.29) is 0 Å². The van der Waals surface area contributed by atoms with Crippen LogP contribution >= 0.6 is 0 Å². The van der Waals surface area contributed by atoms with Crippen LogP contribution in [0.25, 0.3) is 11.4 Å². The average molecular weight is 269 g/mol. The molecule has 2 aromatic heterocycles. The molecule has 5 nitrogen and oxygen atoms in total. The molecule has 1 fully saturated rings. The number of fused-ring (bicyclic) bond motifs is 1. The molecule has 1 unspecified atom stereocenters. The van der Waals surface area contributed by atoms with Crippen LogP contribution in [0.5, 0.6) is 0 Å². The molecule has 3 heterocycles. The van der Waals surface area contributed by atoms with E-state index in [4.69, 9.17) is 0 Å². The van der Waals surface area contributed by atoms with Crippen molar-refractivity contribution in [2.75, 3.05) is 6.54 Å². The van der Waals surface area contributed by atoms with E-state index in [2.05, 4.69) is 31.1 Å². The molecule has 2 aliphatic rings. The predicted octanol–water partition coefficient (Wildman–Crippen LogP) is 2.01. The van der Waals surface area contributed by atoms with E-state index in [0.717, 1.165) is 47.6 Å². The summed E-state index contributed by atoms with van der Waals surface area (Å²) in [6.45, 7) is 6.00. The number of nitrogens with zero attached hydrogens (tertiary/aromatic N) is 4. The third kappa shape index (κ3) is 1.85. The van der Waals surface area contributed by atoms with Crippen LogP contribution in [0.3, 0.4) is 0 Å². The van der Waals surface area contributed by atoms with Crippen LogP contribution in [0, 0.1) is 19.8 Å². The van der Waals surface area contributed by atoms with Gasteiger partial charge in [0.1, 0.15) is 0 Å². The van der Waals surface area contributed by atoms with Gasteiger partial charge in [0.25, 0.3) is 0 Å². The van der Waals surface area contributed by atoms with Crippen molar-refractivity contribution in [3.05, 3.63) is 29.3 Å². The second kappa shape index (κ2) is 4.38. The van der Waals surface area contributed by atoms with E-state index in [1.54, 1.807) is 0 Å². The lowest BCUT2D eigenvalue weighted by Gasteiger charge is -2.25. The maximum atomic E-state index is 4.55. The normalized spacial score (nSPS) is 21.8. The van der Waals surface area contributed by atoms with Gasteiger partial charge in [0.2, 0.25) is 0 Å². The lowest BCUT2D eigenvalue weighted by Crippen LogP contribution is -2.35. The molecule has 0 saturated heterocycles. The molecular weight excluding hydrogens is 250 g/mol. The molecule has 104 valence electrons. The first kappa shape index (κ1) is 12.0. The minimum Gasteiger partial charge on any atom is -0.308 e. The standard InChI is InChI=1S/C15H19N5/c1-9-3-6-12(10(2)17-9)14-18-19-15-13(11-4-5-11)16-7-8-20(14)15/h3,6,11,13,16H,4-5,7-8H2,1-2H3. The quantitative estimate of drug-likeness (QED) is 0.906. The average Bonchev–Trinajstić information content (AvgIpc) is 3.19. The molecule has 1 atom stereocenters. The summed E-state index contributed by atoms with van der Waals surface area (Å²) in [4.78, 5) is 4.55. The summed E-state index contributed by atoms with van der Waals surface area (Å²) in [5.41, 5.74) is 3.18. The maximum absolute atomic E-state index is 4.55. The van der Waals surface area contributed by atoms with Crippen molar-refractivity contribution in [1.29, 1.82) is 0 Å². The Morgan fingerprint density at radius 1 is 1.20 bits per heavy atom. The molecule has 1 aliphatic heterocycles. The molecule has 0 amide bonds. The van der Waals surface area contributed by atoms with Gasteiger partial charge < -0.3 is 9.88 Å². The molecule has 0 bridgehead atoms. The summed E-state index contributed by atoms with van der Waals surface area (Å²) in [5.74, 6) is 2.83. The molecule has 1 aliphatic carbocycles. The minimum absolute atomic E-state index is 0.392. The highest BCUT2D eigenvalue weighted by Gasteiger charge is 2.37. The molecule has 1 N–H and O–H groups in total. The highest BCUT2D eigenvalue weighted by atomic mass is 15.3. The largest absolute Gasteiger partial charge is 0.308 e. The van der Waals surface area contributed by atoms with Gasteiger partial charge in [-0.05, 0) is 44.7 Å². The van der Waals surface area contributed by atoms with E-state index >= 15 is 0 Å². The number of aromatic nitrogens is 4. The minimum atomic E-state index is 0.392. The first-order valence-corrected chi connectivity index (χ1v) is 7.35. The monoisotopic (exact) mass is 269 g/mol. The fraction of sp³-hybridized carbons (Fsp3) is 0.533. The Morgan fingerprint density at radius 3 is 2.80 bits per heavy atom. The fourth-order valence-electron chi connectivity index (χ4n) is 3.12. The van der Waals surface area contributed by atoms with E-state index in [0.29, 0.717) is 6.04 Å². The molecular formula is C15H19N5. The van der Waals surface area contributed by atoms with Crippen LogP contribution < -0.4 is 5.32 Å². The van der Waals surface area contributed by atoms with E-state index in [1.165, 1.54) is 12.8 Å². The molecule has 1 saturated carbocycles. The first-order valence-electron chi connectivity index (χ1n) is 7.35. The second-order valence-corrected chi connectivity index (χ2v) is 5.89. The fourth-order valence-corrected chi connectivity index (χ4v) is 3.12. The van der Waals surface area contributed by atoms with E-state index < -0.39 is 0 Å². The van der Waals surface area contributed by atoms with Gasteiger partial charge in [0.05, 0.1) is 6.04 Å². The Labute approximate surface area is 118 Å². The molecule has 5 heteroatoms. The molecule has 0 aromatic carbocycles. The summed E-state index contributed by atoms with van der Waals surface area (Å²) in [6, 6.07) is 4.55. The van der Waals surface area contributed by atoms with Gasteiger partial charge in [0.15, 0.2) is 11.6 Å². The number of hydrogen-bond acceptors (Lipinski definition) is 4. The zero-order valence-corrected chi connectivity index (χ0v) is 11.9. The highest BCUT2D eigenvalue weighted by molar-refractivity contribution is 5.58. The molecule has 0 spiro atoms. The summed E-state index contributed by atoms with van der Waals surface area (Å²) < 4.78 is 2.28. The van der Waals surface area contributed by atoms with Crippen LogP contribution in [0.4, 0.5) is 0 Å². The summed E-state index contributed by atoms with van der Waals surface area (Å²) >= 11 is 0. The van der Waals surface area contributed by atoms with Gasteiger partial charge in [-0.2, -0.15) is 0 Å². The Hall–Kier alpha value is -1.75. The number of pyridine rings is 1. The lowest BCUT2D eigenvalue weighted by atomic mass is 10.1. The number of hydrogen-bond donors (Lipinski definition) is 1. The van der Waals surface area contributed by atoms with E-state index in [9.17, 15) is 0 Å². The van der Waals surface area contributed by atoms with Crippen molar-refractivity contribution in [1.82, 2.24) is 25.1 Å². The Balaban J connectivity index is 1.80. The smallest absolute Gasteiger partial charge is 0.165 e. The SMILES string of the molecule is Cc1ccc(-c2nnc3n2CCNC3C2CC2)c(C)n1. The van der Waals surface area contributed by atoms with Crippen LogP contribution in [0.15, 0.2) is 12.1 Å². The number of rotatable bonds is 2. The third-order valence-corrected chi connectivity index (χ3v) is 4.32. The van der Waals surface area contributed by atoms with Crippen molar-refractivity contribution >= 4 is 0 Å². The summed E-state index contributed by atoms with van der Waals surface area (Å²) in [7, 11) is 0. The summed E-state index contributed by atoms with van der Waals surface area (Å²) in [6.07, 6.45) is 2.62. The van der Waals surface area contributed by atoms with Gasteiger partial charge in [-0.1, -0.05) is 0 Å². The Kier molecular flexibility index (Phi) is 2.63. The van der Waals surface area contributed by atoms with Gasteiger partial charge >= 0.3 is 0 Å². The van der Waals surface area contributed by atoms with Crippen molar-refractivity contribution < 1.29 is 0 Å². The van der Waals surface area contributed by atoms with Gasteiger partial charge in [-0.15, -0.1) is 10.2 Å². The first-order chi connectivity index (χ1) is 9.74. The van der Waals surface area contributed by atoms with Crippen molar-refractivity contribution in [3.63, 3.8) is 0 Å². The number of aryl methyl sites for hydroxylation is 2. The van der Waals surface area contributed by atoms with Gasteiger partial charge in [-0.25, -0.2) is 0 Å². The highest BCUT2D eigenvalue weighted by Crippen LogP contribution is 2.42. The predicted molar refractivity (Wildman–Crippen MR) is 76.2 cm³/mol. The van der Waals surface area contributed by atoms with Crippen LogP contribution in [0.1, 0.15) is 36.1 Å². The van der Waals surface area contributed by atoms with Gasteiger partial charge in [-0.3, -0.25) is 4.98 Å². The molecule has 0 radical (unpaired) electrons. The zero-order valence-electron chi connectivity index (χ0n) is 11.9. The topological polar surface area (TPSA) is 55.6 Å². The molecule has 20 heavy (non-hydrogen) atoms. The van der Waals surface area contributed by atoms with Crippen LogP contribution in [-0.4, -0.2) is 26.3 Å². The number of nitrogens with one attached hydrogen (secondary N) is 1. The Bertz CT molecular complexity index is 656. The van der Waals surface area contributed by atoms with Gasteiger partial charge in [0, 0.05) is 30.0 Å². The third-order valence-electron chi connectivity index (χ3n) is 4.32. The second-order valence-electron chi connectivity index (χ2n) is 5.89. The maximum Gasteiger partial charge on any atom is 0.165 e. The Morgan fingerprint density at radius 2 is 2.05 bits per heavy atom. The zero-order chi connectivity index (χ0) is 13.7. The van der Waals surface area contributed by atoms with Crippen LogP contribution in [0.2, 0.25) is 0 Å². The molecule has 2 aromatic rings. The lowest BCUT2D eigenvalue weighted by molar-refractivity contribution is 0.383. The van der Waals surface area contributed by atoms with Crippen LogP contribution in [-0.2, 0) is 6.54 Å². The summed E-state index contributed by atoms with van der Waals surface area (Å²) in [5, 5.41) is 12.5. The van der Waals surface area contributed by atoms with Crippen molar-refractivity contribution in [2.24, 2.45) is 5.92 Å².